The summed E-state index contributed by atoms with van der Waals surface area (Å²) in [5.74, 6) is 0. The largest absolute Gasteiger partial charge is 0.870 e. The van der Waals surface area contributed by atoms with Crippen molar-refractivity contribution in [1.82, 2.24) is 0 Å². The fourth-order valence-electron chi connectivity index (χ4n) is 1.66. The van der Waals surface area contributed by atoms with E-state index in [1.54, 1.807) is 18.5 Å². The van der Waals surface area contributed by atoms with Gasteiger partial charge in [-0.2, -0.15) is 0 Å². The van der Waals surface area contributed by atoms with Crippen LogP contribution in [0.4, 0.5) is 0 Å². The van der Waals surface area contributed by atoms with Crippen LogP contribution in [0.5, 0.6) is 0 Å². The van der Waals surface area contributed by atoms with Gasteiger partial charge in [0.15, 0.2) is 0 Å². The molecule has 0 aliphatic carbocycles. The molecular weight excluding hydrogens is 215 g/mol. The lowest BCUT2D eigenvalue weighted by atomic mass is 10.4. The van der Waals surface area contributed by atoms with E-state index in [4.69, 9.17) is 0 Å². The van der Waals surface area contributed by atoms with Gasteiger partial charge >= 0.3 is 0 Å². The van der Waals surface area contributed by atoms with E-state index in [-0.39, 0.29) is 36.5 Å². The Balaban J connectivity index is -0.000000720. The Kier molecular flexibility index (Phi) is 25.1. The first-order valence-electron chi connectivity index (χ1n) is 6.18. The SMILES string of the molecule is CCCC[PH+](CCCC)CCCC.[Mg].[OH-]. The Bertz CT molecular complexity index is 82.6. The Labute approximate surface area is 114 Å². The van der Waals surface area contributed by atoms with Crippen LogP contribution in [-0.2, 0) is 0 Å². The van der Waals surface area contributed by atoms with Gasteiger partial charge in [-0.25, -0.2) is 0 Å². The normalized spacial score (nSPS) is 9.60. The molecule has 2 radical (unpaired) electrons. The number of hydrogen-bond acceptors (Lipinski definition) is 1. The molecule has 0 saturated carbocycles. The van der Waals surface area contributed by atoms with E-state index in [0.29, 0.717) is 0 Å². The second-order valence-electron chi connectivity index (χ2n) is 4.06. The molecule has 0 aromatic heterocycles. The molecular formula is C12H29MgOP. The number of rotatable bonds is 9. The molecule has 0 heterocycles. The van der Waals surface area contributed by atoms with Gasteiger partial charge in [-0.05, 0) is 19.3 Å². The molecule has 0 aliphatic heterocycles. The minimum Gasteiger partial charge on any atom is -0.870 e. The van der Waals surface area contributed by atoms with Crippen molar-refractivity contribution in [2.45, 2.75) is 59.3 Å². The van der Waals surface area contributed by atoms with Crippen molar-refractivity contribution >= 4 is 31.0 Å². The lowest BCUT2D eigenvalue weighted by Gasteiger charge is -2.09. The Morgan fingerprint density at radius 3 is 1.13 bits per heavy atom. The van der Waals surface area contributed by atoms with Crippen LogP contribution in [0.15, 0.2) is 0 Å². The highest BCUT2D eigenvalue weighted by Gasteiger charge is 2.12. The van der Waals surface area contributed by atoms with E-state index in [9.17, 15) is 0 Å². The van der Waals surface area contributed by atoms with Gasteiger partial charge in [0.1, 0.15) is 0 Å². The summed E-state index contributed by atoms with van der Waals surface area (Å²) in [6.45, 7) is 6.96. The van der Waals surface area contributed by atoms with E-state index < -0.39 is 0 Å². The lowest BCUT2D eigenvalue weighted by molar-refractivity contribution is 0.824. The first-order valence-corrected chi connectivity index (χ1v) is 8.30. The molecule has 0 spiro atoms. The highest BCUT2D eigenvalue weighted by molar-refractivity contribution is 7.57. The monoisotopic (exact) mass is 244 g/mol. The third-order valence-corrected chi connectivity index (χ3v) is 5.83. The Hall–Kier alpha value is 1.16. The summed E-state index contributed by atoms with van der Waals surface area (Å²) in [5, 5.41) is 0. The van der Waals surface area contributed by atoms with Crippen molar-refractivity contribution in [3.05, 3.63) is 0 Å². The van der Waals surface area contributed by atoms with E-state index >= 15 is 0 Å². The molecule has 0 rings (SSSR count). The maximum Gasteiger partial charge on any atom is 0.0571 e. The third kappa shape index (κ3) is 15.2. The van der Waals surface area contributed by atoms with Crippen LogP contribution in [0, 0.1) is 0 Å². The summed E-state index contributed by atoms with van der Waals surface area (Å²) in [5.41, 5.74) is 0. The van der Waals surface area contributed by atoms with E-state index in [1.807, 2.05) is 0 Å². The van der Waals surface area contributed by atoms with Crippen LogP contribution >= 0.6 is 7.92 Å². The zero-order valence-electron chi connectivity index (χ0n) is 11.0. The van der Waals surface area contributed by atoms with Gasteiger partial charge in [0.05, 0.1) is 18.5 Å². The zero-order chi connectivity index (χ0) is 9.94. The number of unbranched alkanes of at least 4 members (excludes halogenated alkanes) is 3. The van der Waals surface area contributed by atoms with Crippen LogP contribution in [-0.4, -0.2) is 47.0 Å². The van der Waals surface area contributed by atoms with E-state index in [0.717, 1.165) is 0 Å². The average molecular weight is 245 g/mol. The molecule has 0 aliphatic rings. The zero-order valence-corrected chi connectivity index (χ0v) is 13.4. The van der Waals surface area contributed by atoms with Gasteiger partial charge in [0.25, 0.3) is 0 Å². The van der Waals surface area contributed by atoms with Gasteiger partial charge < -0.3 is 5.48 Å². The summed E-state index contributed by atoms with van der Waals surface area (Å²) in [7, 11) is 0.0675. The highest BCUT2D eigenvalue weighted by atomic mass is 31.1. The maximum absolute atomic E-state index is 2.32. The van der Waals surface area contributed by atoms with Crippen molar-refractivity contribution < 1.29 is 5.48 Å². The van der Waals surface area contributed by atoms with Crippen LogP contribution < -0.4 is 0 Å². The standard InChI is InChI=1S/C12H27P.Mg.H2O/c1-4-7-10-13(11-8-5-2)12-9-6-3;;/h4-12H2,1-3H3;;1H2. The van der Waals surface area contributed by atoms with Crippen molar-refractivity contribution in [2.24, 2.45) is 0 Å². The quantitative estimate of drug-likeness (QED) is 0.445. The molecule has 0 fully saturated rings. The van der Waals surface area contributed by atoms with Crippen LogP contribution in [0.1, 0.15) is 59.3 Å². The fourth-order valence-corrected chi connectivity index (χ4v) is 4.97. The molecule has 3 heteroatoms. The molecule has 1 nitrogen and oxygen atoms in total. The van der Waals surface area contributed by atoms with Crippen molar-refractivity contribution in [2.75, 3.05) is 18.5 Å². The van der Waals surface area contributed by atoms with Gasteiger partial charge in [0.2, 0.25) is 0 Å². The molecule has 0 aromatic rings. The van der Waals surface area contributed by atoms with Gasteiger partial charge in [-0.15, -0.1) is 0 Å². The molecule has 90 valence electrons. The summed E-state index contributed by atoms with van der Waals surface area (Å²) in [6, 6.07) is 0. The Morgan fingerprint density at radius 1 is 0.667 bits per heavy atom. The molecule has 1 N–H and O–H groups in total. The second-order valence-corrected chi connectivity index (χ2v) is 7.06. The predicted molar refractivity (Wildman–Crippen MR) is 75.3 cm³/mol. The molecule has 0 saturated heterocycles. The van der Waals surface area contributed by atoms with Crippen LogP contribution in [0.3, 0.4) is 0 Å². The lowest BCUT2D eigenvalue weighted by Crippen LogP contribution is -1.95. The molecule has 0 amide bonds. The highest BCUT2D eigenvalue weighted by Crippen LogP contribution is 2.38. The molecule has 0 aromatic carbocycles. The molecule has 0 atom stereocenters. The summed E-state index contributed by atoms with van der Waals surface area (Å²) in [6.07, 6.45) is 13.4. The molecule has 0 bridgehead atoms. The van der Waals surface area contributed by atoms with Crippen molar-refractivity contribution in [3.8, 4) is 0 Å². The summed E-state index contributed by atoms with van der Waals surface area (Å²) >= 11 is 0. The summed E-state index contributed by atoms with van der Waals surface area (Å²) in [4.78, 5) is 0. The molecule has 0 unspecified atom stereocenters. The third-order valence-electron chi connectivity index (χ3n) is 2.65. The second kappa shape index (κ2) is 17.5. The fraction of sp³-hybridized carbons (Fsp3) is 1.00. The van der Waals surface area contributed by atoms with Gasteiger partial charge in [-0.3, -0.25) is 0 Å². The van der Waals surface area contributed by atoms with Crippen LogP contribution in [0.25, 0.3) is 0 Å². The minimum absolute atomic E-state index is 0. The first kappa shape index (κ1) is 21.4. The average Bonchev–Trinajstić information content (AvgIpc) is 2.17. The van der Waals surface area contributed by atoms with Crippen molar-refractivity contribution in [3.63, 3.8) is 0 Å². The first-order chi connectivity index (χ1) is 6.35. The minimum atomic E-state index is 0. The predicted octanol–water partition coefficient (Wildman–Crippen LogP) is 4.04. The smallest absolute Gasteiger partial charge is 0.0571 e. The van der Waals surface area contributed by atoms with E-state index in [2.05, 4.69) is 20.8 Å². The molecule has 15 heavy (non-hydrogen) atoms. The van der Waals surface area contributed by atoms with Crippen LogP contribution in [0.2, 0.25) is 0 Å². The van der Waals surface area contributed by atoms with E-state index in [1.165, 1.54) is 38.5 Å². The van der Waals surface area contributed by atoms with Crippen molar-refractivity contribution in [1.29, 1.82) is 0 Å². The van der Waals surface area contributed by atoms with Gasteiger partial charge in [-0.1, -0.05) is 40.0 Å². The van der Waals surface area contributed by atoms with Gasteiger partial charge in [0, 0.05) is 31.0 Å². The topological polar surface area (TPSA) is 30.0 Å². The summed E-state index contributed by atoms with van der Waals surface area (Å²) < 4.78 is 0. The maximum atomic E-state index is 2.32. The number of hydrogen-bond donors (Lipinski definition) is 0. The Morgan fingerprint density at radius 2 is 0.933 bits per heavy atom.